The number of ketones is 1. The second-order valence-corrected chi connectivity index (χ2v) is 31.5. The Morgan fingerprint density at radius 1 is 0.516 bits per heavy atom. The molecule has 0 spiro atoms. The third kappa shape index (κ3) is 36.0. The summed E-state index contributed by atoms with van der Waals surface area (Å²) in [6, 6.07) is 0. The van der Waals surface area contributed by atoms with Gasteiger partial charge in [0.2, 0.25) is 0 Å². The molecule has 6 heterocycles. The lowest BCUT2D eigenvalue weighted by Crippen LogP contribution is -2.51. The van der Waals surface area contributed by atoms with E-state index in [2.05, 4.69) is 158 Å². The van der Waals surface area contributed by atoms with E-state index in [9.17, 15) is 20.1 Å². The average molecular weight is 1300 g/mol. The Morgan fingerprint density at radius 2 is 0.968 bits per heavy atom. The van der Waals surface area contributed by atoms with Crippen LogP contribution in [0.4, 0.5) is 0 Å². The molecule has 0 amide bonds. The van der Waals surface area contributed by atoms with Gasteiger partial charge < -0.3 is 43.7 Å². The van der Waals surface area contributed by atoms with Crippen molar-refractivity contribution in [1.82, 2.24) is 0 Å². The molecule has 10 nitrogen and oxygen atoms in total. The minimum absolute atomic E-state index is 0.00424. The number of hydrogen-bond donors (Lipinski definition) is 3. The lowest BCUT2D eigenvalue weighted by molar-refractivity contribution is -0.243. The Kier molecular flexibility index (Phi) is 40.3. The second-order valence-electron chi connectivity index (χ2n) is 31.5. The van der Waals surface area contributed by atoms with Crippen molar-refractivity contribution in [2.45, 2.75) is 360 Å². The molecule has 0 bridgehead atoms. The Hall–Kier alpha value is -3.55. The number of rotatable bonds is 11. The van der Waals surface area contributed by atoms with Crippen LogP contribution in [0.3, 0.4) is 0 Å². The largest absolute Gasteiger partial charge is 0.390 e. The van der Waals surface area contributed by atoms with E-state index in [1.54, 1.807) is 19.9 Å². The normalized spacial score (nSPS) is 33.5. The van der Waals surface area contributed by atoms with Gasteiger partial charge in [-0.25, -0.2) is 0 Å². The van der Waals surface area contributed by atoms with Crippen molar-refractivity contribution in [1.29, 1.82) is 0 Å². The van der Waals surface area contributed by atoms with E-state index in [0.717, 1.165) is 87.4 Å². The molecule has 0 aromatic carbocycles. The van der Waals surface area contributed by atoms with Crippen molar-refractivity contribution in [3.63, 3.8) is 0 Å². The van der Waals surface area contributed by atoms with Crippen LogP contribution in [0, 0.1) is 22.7 Å². The first kappa shape index (κ1) is 91.5. The molecule has 3 N–H and O–H groups in total. The lowest BCUT2D eigenvalue weighted by Gasteiger charge is -2.45. The highest BCUT2D eigenvalue weighted by molar-refractivity contribution is 5.87. The number of fused-ring (bicyclic) bond motifs is 1. The first-order chi connectivity index (χ1) is 42.5. The van der Waals surface area contributed by atoms with Gasteiger partial charge in [-0.2, -0.15) is 0 Å². The zero-order valence-electron chi connectivity index (χ0n) is 65.6. The van der Waals surface area contributed by atoms with Gasteiger partial charge in [0.25, 0.3) is 0 Å². The van der Waals surface area contributed by atoms with Crippen molar-refractivity contribution in [2.75, 3.05) is 6.61 Å². The first-order valence-electron chi connectivity index (χ1n) is 35.2. The van der Waals surface area contributed by atoms with Crippen LogP contribution in [0.2, 0.25) is 0 Å². The summed E-state index contributed by atoms with van der Waals surface area (Å²) in [6.45, 7) is 69.5. The third-order valence-electron chi connectivity index (χ3n) is 18.0. The molecular formula is C83H146O10. The topological polar surface area (TPSA) is 133 Å². The third-order valence-corrected chi connectivity index (χ3v) is 18.0. The molecule has 0 aromatic heterocycles. The standard InChI is InChI=1S/3C11H20O2.2C11H18O.C11H20O.C6H12.C6H10.C5H8O/c1-5-7-11(4)8-6-9(13-11)10(2,3)12;1-5-7-11(4)8-6-9(12)10(2,3)13-11;1-5-6-11(4)8-7-10(2,3)9(12)13-11;1-5-6-11(4)9-7-8(9)10(2,3)12-11;1-5-7-11(4)8-6-10(12-11)9(2)3;1-5-6-11(4)8-7-10(2,3)9-12-11;2*1-4-5-6(2)3;1-3-4-5(2)6/h2*5,7,9,12H,6,8H2,1-4H3;5-6,9,12H,7-8H2,1-4H3;5-6,8-9H,7H2,1-4H3;5,7,10H,2,6,8H2,1,3-4H3;5-6H,7-9H2,1-4H3;5H,4H2,1-3H3;4-5H,2H2,1,3H3;3-4H,1-2H3. The summed E-state index contributed by atoms with van der Waals surface area (Å²) in [4.78, 5) is 9.96. The Balaban J connectivity index is 0. The molecule has 0 radical (unpaired) electrons. The van der Waals surface area contributed by atoms with Crippen LogP contribution >= 0.6 is 0 Å². The molecule has 7 rings (SSSR count). The molecule has 12 unspecified atom stereocenters. The fourth-order valence-electron chi connectivity index (χ4n) is 12.4. The summed E-state index contributed by atoms with van der Waals surface area (Å²) >= 11 is 0. The summed E-state index contributed by atoms with van der Waals surface area (Å²) in [5.41, 5.74) is 2.25. The number of hydrogen-bond acceptors (Lipinski definition) is 10. The summed E-state index contributed by atoms with van der Waals surface area (Å²) in [5.74, 6) is 1.69. The lowest BCUT2D eigenvalue weighted by atomic mass is 9.79. The molecule has 0 aromatic rings. The molecule has 538 valence electrons. The van der Waals surface area contributed by atoms with E-state index in [1.165, 1.54) is 37.8 Å². The fourth-order valence-corrected chi connectivity index (χ4v) is 12.4. The van der Waals surface area contributed by atoms with Crippen molar-refractivity contribution in [3.8, 4) is 0 Å². The summed E-state index contributed by atoms with van der Waals surface area (Å²) in [7, 11) is 0. The van der Waals surface area contributed by atoms with Crippen LogP contribution in [-0.2, 0) is 33.2 Å². The number of ether oxygens (including phenoxy) is 6. The van der Waals surface area contributed by atoms with Gasteiger partial charge in [-0.1, -0.05) is 162 Å². The number of allylic oxidation sites excluding steroid dienone is 13. The predicted molar refractivity (Wildman–Crippen MR) is 400 cm³/mol. The van der Waals surface area contributed by atoms with Crippen molar-refractivity contribution in [2.24, 2.45) is 22.7 Å². The Labute approximate surface area is 573 Å². The number of carbonyl (C=O) groups is 1. The Morgan fingerprint density at radius 3 is 1.28 bits per heavy atom. The minimum atomic E-state index is -0.723. The average Bonchev–Trinajstić information content (AvgIpc) is 1.55. The van der Waals surface area contributed by atoms with Gasteiger partial charge in [0.1, 0.15) is 0 Å². The van der Waals surface area contributed by atoms with Gasteiger partial charge >= 0.3 is 0 Å². The molecule has 7 aliphatic rings. The quantitative estimate of drug-likeness (QED) is 0.104. The van der Waals surface area contributed by atoms with Gasteiger partial charge in [-0.15, -0.1) is 0 Å². The number of aliphatic hydroxyl groups is 3. The van der Waals surface area contributed by atoms with E-state index in [-0.39, 0.29) is 68.7 Å². The summed E-state index contributed by atoms with van der Waals surface area (Å²) in [6.07, 6.45) is 46.3. The van der Waals surface area contributed by atoms with Gasteiger partial charge in [0.15, 0.2) is 12.1 Å². The van der Waals surface area contributed by atoms with Gasteiger partial charge in [0.05, 0.1) is 75.3 Å². The molecule has 12 atom stereocenters. The predicted octanol–water partition coefficient (Wildman–Crippen LogP) is 21.7. The van der Waals surface area contributed by atoms with Gasteiger partial charge in [-0.3, -0.25) is 4.79 Å². The van der Waals surface area contributed by atoms with Crippen molar-refractivity contribution in [3.05, 3.63) is 133 Å². The molecule has 10 heteroatoms. The smallest absolute Gasteiger partial charge is 0.160 e. The van der Waals surface area contributed by atoms with Crippen molar-refractivity contribution >= 4 is 5.78 Å². The van der Waals surface area contributed by atoms with E-state index in [0.29, 0.717) is 5.41 Å². The first-order valence-corrected chi connectivity index (χ1v) is 35.2. The highest BCUT2D eigenvalue weighted by atomic mass is 16.6. The van der Waals surface area contributed by atoms with Crippen LogP contribution in [-0.4, -0.2) is 103 Å². The maximum Gasteiger partial charge on any atom is 0.160 e. The monoisotopic (exact) mass is 1300 g/mol. The molecule has 6 aliphatic heterocycles. The van der Waals surface area contributed by atoms with Crippen LogP contribution in [0.1, 0.15) is 285 Å². The van der Waals surface area contributed by atoms with Crippen molar-refractivity contribution < 1.29 is 48.5 Å². The minimum Gasteiger partial charge on any atom is -0.390 e. The molecular weight excluding hydrogens is 1160 g/mol. The second kappa shape index (κ2) is 41.0. The fraction of sp³-hybridized carbons (Fsp3) is 0.723. The highest BCUT2D eigenvalue weighted by Crippen LogP contribution is 2.62. The maximum atomic E-state index is 9.96. The van der Waals surface area contributed by atoms with Crippen LogP contribution < -0.4 is 0 Å². The van der Waals surface area contributed by atoms with E-state index < -0.39 is 17.5 Å². The molecule has 1 saturated carbocycles. The zero-order chi connectivity index (χ0) is 72.7. The maximum absolute atomic E-state index is 9.96. The Bertz CT molecular complexity index is 2430. The van der Waals surface area contributed by atoms with Crippen LogP contribution in [0.25, 0.3) is 0 Å². The summed E-state index contributed by atoms with van der Waals surface area (Å²) < 4.78 is 35.0. The van der Waals surface area contributed by atoms with Gasteiger partial charge in [0, 0.05) is 5.41 Å². The van der Waals surface area contributed by atoms with Gasteiger partial charge in [-0.05, 0) is 273 Å². The summed E-state index contributed by atoms with van der Waals surface area (Å²) in [5, 5.41) is 29.2. The molecule has 1 aliphatic carbocycles. The molecule has 6 saturated heterocycles. The number of aliphatic hydroxyl groups excluding tert-OH is 2. The van der Waals surface area contributed by atoms with E-state index in [4.69, 9.17) is 28.4 Å². The zero-order valence-corrected chi connectivity index (χ0v) is 65.6. The SMILES string of the molecule is C=C(C)C1CCC(C)(C=CC)O1.C=C(C)C=CC.CC=CC(C)=O.CC=CC1(C)CCC(C(C)(C)O)O1.CC=CC1(C)CCC(C)(C)C(O)O1.CC=CC1(C)CCC(C)(C)CO1.CC=CC1(C)CCC(O)C(C)(C)O1.CC=CC1(C)OC(C)(C)C2CC21.CCC=C(C)C. The molecule has 7 fully saturated rings. The van der Waals surface area contributed by atoms with Crippen LogP contribution in [0.5, 0.6) is 0 Å². The number of carbonyl (C=O) groups excluding carboxylic acids is 1. The van der Waals surface area contributed by atoms with E-state index >= 15 is 0 Å². The highest BCUT2D eigenvalue weighted by Gasteiger charge is 2.64. The van der Waals surface area contributed by atoms with E-state index in [1.807, 2.05) is 133 Å². The molecule has 93 heavy (non-hydrogen) atoms. The van der Waals surface area contributed by atoms with Crippen LogP contribution in [0.15, 0.2) is 133 Å².